The third kappa shape index (κ3) is 8.63. The molecule has 0 bridgehead atoms. The number of hydrogen-bond donors (Lipinski definition) is 3. The van der Waals surface area contributed by atoms with Crippen LogP contribution in [0.15, 0.2) is 41.3 Å². The number of carbonyl (C=O) groups excluding carboxylic acids is 2. The molecule has 2 aromatic rings. The first-order valence-corrected chi connectivity index (χ1v) is 11.3. The zero-order valence-electron chi connectivity index (χ0n) is 20.8. The summed E-state index contributed by atoms with van der Waals surface area (Å²) in [4.78, 5) is 33.0. The van der Waals surface area contributed by atoms with Crippen LogP contribution in [-0.2, 0) is 15.8 Å². The van der Waals surface area contributed by atoms with E-state index in [0.29, 0.717) is 6.07 Å². The van der Waals surface area contributed by atoms with Gasteiger partial charge in [-0.05, 0) is 36.8 Å². The largest absolute Gasteiger partial charge is 0.586 e. The zero-order valence-corrected chi connectivity index (χ0v) is 20.8. The van der Waals surface area contributed by atoms with Crippen LogP contribution in [-0.4, -0.2) is 35.7 Å². The van der Waals surface area contributed by atoms with Gasteiger partial charge >= 0.3 is 12.5 Å². The lowest BCUT2D eigenvalue weighted by Crippen LogP contribution is -2.60. The van der Waals surface area contributed by atoms with Crippen molar-refractivity contribution in [3.8, 4) is 17.2 Å². The van der Waals surface area contributed by atoms with Crippen molar-refractivity contribution in [2.75, 3.05) is 6.61 Å². The maximum Gasteiger partial charge on any atom is 0.586 e. The molecular formula is C24H28F5N3O6. The number of alkyl halides is 5. The van der Waals surface area contributed by atoms with E-state index in [-0.39, 0.29) is 47.1 Å². The highest BCUT2D eigenvalue weighted by Crippen LogP contribution is 2.49. The Bertz CT molecular complexity index is 1170. The predicted molar refractivity (Wildman–Crippen MR) is 125 cm³/mol. The van der Waals surface area contributed by atoms with Crippen LogP contribution in [0, 0.1) is 5.41 Å². The number of carbonyl (C=O) groups is 2. The molecule has 1 aliphatic heterocycles. The Morgan fingerprint density at radius 1 is 1.16 bits per heavy atom. The molecule has 38 heavy (non-hydrogen) atoms. The van der Waals surface area contributed by atoms with E-state index in [1.54, 1.807) is 0 Å². The van der Waals surface area contributed by atoms with Gasteiger partial charge in [0.2, 0.25) is 6.41 Å². The summed E-state index contributed by atoms with van der Waals surface area (Å²) in [5.74, 6) is -0.123. The summed E-state index contributed by atoms with van der Waals surface area (Å²) < 4.78 is 75.4. The number of fused-ring (bicyclic) bond motifs is 1. The van der Waals surface area contributed by atoms with Crippen molar-refractivity contribution < 1.29 is 45.8 Å². The first-order chi connectivity index (χ1) is 17.5. The number of aromatic amines is 1. The molecule has 2 amide bonds. The summed E-state index contributed by atoms with van der Waals surface area (Å²) in [6, 6.07) is 5.60. The van der Waals surface area contributed by atoms with Crippen molar-refractivity contribution in [1.82, 2.24) is 10.3 Å². The molecule has 1 fully saturated rings. The van der Waals surface area contributed by atoms with Gasteiger partial charge in [0.05, 0.1) is 0 Å². The smallest absolute Gasteiger partial charge is 0.484 e. The number of halogens is 5. The van der Waals surface area contributed by atoms with Gasteiger partial charge < -0.3 is 30.2 Å². The Hall–Kier alpha value is -3.84. The number of aromatic nitrogens is 1. The van der Waals surface area contributed by atoms with Crippen LogP contribution in [0.5, 0.6) is 17.2 Å². The molecular weight excluding hydrogens is 521 g/mol. The van der Waals surface area contributed by atoms with Gasteiger partial charge in [-0.25, -0.2) is 0 Å². The first kappa shape index (κ1) is 30.4. The fraction of sp³-hybridized carbons (Fsp3) is 0.458. The van der Waals surface area contributed by atoms with Crippen LogP contribution in [0.4, 0.5) is 22.0 Å². The molecule has 2 heterocycles. The van der Waals surface area contributed by atoms with Crippen LogP contribution >= 0.6 is 0 Å². The molecule has 0 unspecified atom stereocenters. The van der Waals surface area contributed by atoms with Gasteiger partial charge in [0.15, 0.2) is 23.5 Å². The SMILES string of the molecule is CCC1(NC(=O)COc2ccc3c(c2)OC(F)(F)O3)CC(C)(C)C1.NC=O.O=c1cc[nH]c(C(F)(F)F)c1. The summed E-state index contributed by atoms with van der Waals surface area (Å²) in [5, 5.41) is 3.03. The summed E-state index contributed by atoms with van der Waals surface area (Å²) in [6.45, 7) is 6.21. The van der Waals surface area contributed by atoms with Gasteiger partial charge in [-0.3, -0.25) is 14.4 Å². The molecule has 210 valence electrons. The summed E-state index contributed by atoms with van der Waals surface area (Å²) >= 11 is 0. The highest BCUT2D eigenvalue weighted by atomic mass is 19.4. The third-order valence-corrected chi connectivity index (χ3v) is 5.54. The van der Waals surface area contributed by atoms with E-state index in [2.05, 4.69) is 34.4 Å². The van der Waals surface area contributed by atoms with Crippen molar-refractivity contribution in [2.45, 2.75) is 58.0 Å². The van der Waals surface area contributed by atoms with E-state index in [0.717, 1.165) is 31.5 Å². The van der Waals surface area contributed by atoms with Gasteiger partial charge in [0.25, 0.3) is 5.91 Å². The lowest BCUT2D eigenvalue weighted by Gasteiger charge is -2.53. The Morgan fingerprint density at radius 2 is 1.76 bits per heavy atom. The van der Waals surface area contributed by atoms with E-state index in [9.17, 15) is 31.5 Å². The number of nitrogens with one attached hydrogen (secondary N) is 2. The van der Waals surface area contributed by atoms with Crippen molar-refractivity contribution in [3.05, 3.63) is 52.4 Å². The number of benzene rings is 1. The summed E-state index contributed by atoms with van der Waals surface area (Å²) in [5.41, 5.74) is 2.56. The number of hydrogen-bond acceptors (Lipinski definition) is 6. The van der Waals surface area contributed by atoms with Crippen molar-refractivity contribution in [1.29, 1.82) is 0 Å². The minimum absolute atomic E-state index is 0.0570. The Labute approximate surface area is 214 Å². The normalized spacial score (nSPS) is 17.4. The van der Waals surface area contributed by atoms with E-state index in [1.165, 1.54) is 18.2 Å². The average molecular weight is 549 g/mol. The highest BCUT2D eigenvalue weighted by molar-refractivity contribution is 5.78. The van der Waals surface area contributed by atoms with E-state index >= 15 is 0 Å². The van der Waals surface area contributed by atoms with Gasteiger partial charge in [0.1, 0.15) is 11.4 Å². The second-order valence-electron chi connectivity index (χ2n) is 9.34. The molecule has 9 nitrogen and oxygen atoms in total. The van der Waals surface area contributed by atoms with Gasteiger partial charge in [-0.1, -0.05) is 20.8 Å². The van der Waals surface area contributed by atoms with E-state index in [4.69, 9.17) is 9.53 Å². The Morgan fingerprint density at radius 3 is 2.26 bits per heavy atom. The molecule has 1 aromatic carbocycles. The van der Waals surface area contributed by atoms with Gasteiger partial charge in [-0.15, -0.1) is 8.78 Å². The standard InChI is InChI=1S/C17H21F2NO4.C6H4F3NO.CH3NO/c1-4-16(9-15(2,3)10-16)20-14(21)8-22-11-5-6-12-13(7-11)24-17(18,19)23-12;7-6(8,9)5-3-4(11)1-2-10-5;2-1-3/h5-7H,4,8-10H2,1-3H3,(H,20,21);1-3H,(H,10,11);1H,(H2,2,3). The monoisotopic (exact) mass is 549 g/mol. The second-order valence-corrected chi connectivity index (χ2v) is 9.34. The number of nitrogens with two attached hydrogens (primary N) is 1. The number of primary amides is 1. The predicted octanol–water partition coefficient (Wildman–Crippen LogP) is 3.97. The highest BCUT2D eigenvalue weighted by Gasteiger charge is 2.48. The van der Waals surface area contributed by atoms with Crippen molar-refractivity contribution in [2.24, 2.45) is 11.1 Å². The topological polar surface area (TPSA) is 133 Å². The van der Waals surface area contributed by atoms with Gasteiger partial charge in [0, 0.05) is 29.9 Å². The lowest BCUT2D eigenvalue weighted by molar-refractivity contribution is -0.286. The van der Waals surface area contributed by atoms with Crippen LogP contribution in [0.25, 0.3) is 0 Å². The summed E-state index contributed by atoms with van der Waals surface area (Å²) in [7, 11) is 0. The Kier molecular flexibility index (Phi) is 9.35. The number of H-pyrrole nitrogens is 1. The molecule has 1 aliphatic carbocycles. The van der Waals surface area contributed by atoms with Crippen LogP contribution < -0.4 is 30.7 Å². The quantitative estimate of drug-likeness (QED) is 0.382. The van der Waals surface area contributed by atoms with Crippen LogP contribution in [0.1, 0.15) is 45.7 Å². The minimum Gasteiger partial charge on any atom is -0.484 e. The fourth-order valence-corrected chi connectivity index (χ4v) is 4.32. The fourth-order valence-electron chi connectivity index (χ4n) is 4.32. The number of rotatable bonds is 5. The Balaban J connectivity index is 0.000000302. The molecule has 0 radical (unpaired) electrons. The zero-order chi connectivity index (χ0) is 28.8. The maximum absolute atomic E-state index is 13.0. The second kappa shape index (κ2) is 11.7. The van der Waals surface area contributed by atoms with E-state index in [1.807, 2.05) is 11.9 Å². The molecule has 1 aromatic heterocycles. The van der Waals surface area contributed by atoms with Crippen LogP contribution in [0.2, 0.25) is 0 Å². The molecule has 4 rings (SSSR count). The van der Waals surface area contributed by atoms with Gasteiger partial charge in [-0.2, -0.15) is 13.2 Å². The maximum atomic E-state index is 13.0. The average Bonchev–Trinajstić information content (AvgIpc) is 3.09. The molecule has 0 spiro atoms. The number of pyridine rings is 1. The first-order valence-electron chi connectivity index (χ1n) is 11.3. The molecule has 2 aliphatic rings. The molecule has 14 heteroatoms. The number of ether oxygens (including phenoxy) is 3. The molecule has 0 saturated heterocycles. The molecule has 0 atom stereocenters. The molecule has 1 saturated carbocycles. The van der Waals surface area contributed by atoms with Crippen molar-refractivity contribution >= 4 is 12.3 Å². The minimum atomic E-state index is -4.47. The van der Waals surface area contributed by atoms with Crippen LogP contribution in [0.3, 0.4) is 0 Å². The lowest BCUT2D eigenvalue weighted by atomic mass is 9.58. The van der Waals surface area contributed by atoms with E-state index < -0.39 is 23.6 Å². The summed E-state index contributed by atoms with van der Waals surface area (Å²) in [6.07, 6.45) is -4.20. The third-order valence-electron chi connectivity index (χ3n) is 5.54. The van der Waals surface area contributed by atoms with Crippen molar-refractivity contribution in [3.63, 3.8) is 0 Å². The number of amides is 2. The molecule has 4 N–H and O–H groups in total.